The average molecular weight is 584 g/mol. The van der Waals surface area contributed by atoms with Crippen molar-refractivity contribution in [3.63, 3.8) is 0 Å². The molecule has 1 atom stereocenters. The van der Waals surface area contributed by atoms with Crippen molar-refractivity contribution in [1.82, 2.24) is 9.13 Å². The number of rotatable bonds is 5. The Balaban J connectivity index is 1.67. The van der Waals surface area contributed by atoms with Crippen molar-refractivity contribution in [2.75, 3.05) is 6.61 Å². The van der Waals surface area contributed by atoms with E-state index in [1.165, 1.54) is 34.9 Å². The third-order valence-corrected chi connectivity index (χ3v) is 7.87. The number of fused-ring (bicyclic) bond motifs is 1. The quantitative estimate of drug-likeness (QED) is 0.235. The molecule has 0 aliphatic carbocycles. The van der Waals surface area contributed by atoms with Crippen molar-refractivity contribution in [3.05, 3.63) is 119 Å². The standard InChI is InChI=1S/C30H25F4N3O3S/c1-5-40-28(39)25-17(3)35-29-37(26(25)19-9-11-22(31)12-10-19)27(38)24(41-29)14-20-13-16(2)36(18(20)4)23-8-6-7-21(15-23)30(32,33)34/h6-15,26H,5H2,1-4H3/b24-14-/t26-/m1/s1. The molecule has 0 amide bonds. The van der Waals surface area contributed by atoms with Gasteiger partial charge in [-0.3, -0.25) is 9.36 Å². The molecule has 0 saturated heterocycles. The number of alkyl halides is 3. The Kier molecular flexibility index (Phi) is 7.33. The van der Waals surface area contributed by atoms with Crippen molar-refractivity contribution < 1.29 is 27.1 Å². The van der Waals surface area contributed by atoms with Gasteiger partial charge in [-0.1, -0.05) is 29.5 Å². The van der Waals surface area contributed by atoms with Crippen LogP contribution in [0, 0.1) is 19.7 Å². The van der Waals surface area contributed by atoms with E-state index >= 15 is 0 Å². The van der Waals surface area contributed by atoms with Gasteiger partial charge in [-0.05, 0) is 81.3 Å². The van der Waals surface area contributed by atoms with E-state index in [2.05, 4.69) is 4.99 Å². The van der Waals surface area contributed by atoms with Crippen LogP contribution < -0.4 is 14.9 Å². The molecule has 3 heterocycles. The first-order valence-corrected chi connectivity index (χ1v) is 13.5. The van der Waals surface area contributed by atoms with Crippen LogP contribution in [0.15, 0.2) is 75.7 Å². The number of thiazole rings is 1. The Hall–Kier alpha value is -4.25. The number of carbonyl (C=O) groups excluding carboxylic acids is 1. The zero-order chi connectivity index (χ0) is 29.6. The third kappa shape index (κ3) is 5.17. The topological polar surface area (TPSA) is 65.6 Å². The van der Waals surface area contributed by atoms with Gasteiger partial charge in [-0.15, -0.1) is 0 Å². The molecule has 0 saturated carbocycles. The molecule has 0 radical (unpaired) electrons. The molecule has 5 rings (SSSR count). The molecule has 11 heteroatoms. The molecule has 0 unspecified atom stereocenters. The minimum atomic E-state index is -4.48. The molecule has 6 nitrogen and oxygen atoms in total. The fourth-order valence-electron chi connectivity index (χ4n) is 5.05. The lowest BCUT2D eigenvalue weighted by atomic mass is 9.96. The summed E-state index contributed by atoms with van der Waals surface area (Å²) in [6.07, 6.45) is -2.81. The number of ether oxygens (including phenoxy) is 1. The minimum Gasteiger partial charge on any atom is -0.463 e. The minimum absolute atomic E-state index is 0.123. The fourth-order valence-corrected chi connectivity index (χ4v) is 6.08. The smallest absolute Gasteiger partial charge is 0.416 e. The molecule has 41 heavy (non-hydrogen) atoms. The van der Waals surface area contributed by atoms with Crippen LogP contribution in [0.1, 0.15) is 48.0 Å². The number of hydrogen-bond donors (Lipinski definition) is 0. The molecule has 212 valence electrons. The second-order valence-corrected chi connectivity index (χ2v) is 10.6. The molecule has 2 aromatic heterocycles. The van der Waals surface area contributed by atoms with Crippen LogP contribution in [-0.2, 0) is 15.7 Å². The number of aryl methyl sites for hydroxylation is 1. The maximum absolute atomic E-state index is 13.8. The van der Waals surface area contributed by atoms with Gasteiger partial charge in [0.05, 0.1) is 34.0 Å². The lowest BCUT2D eigenvalue weighted by Crippen LogP contribution is -2.39. The summed E-state index contributed by atoms with van der Waals surface area (Å²) in [5.74, 6) is -1.09. The number of carbonyl (C=O) groups is 1. The number of aromatic nitrogens is 2. The van der Waals surface area contributed by atoms with E-state index in [-0.39, 0.29) is 12.2 Å². The van der Waals surface area contributed by atoms with Crippen LogP contribution in [0.3, 0.4) is 0 Å². The Labute approximate surface area is 236 Å². The van der Waals surface area contributed by atoms with Crippen molar-refractivity contribution in [1.29, 1.82) is 0 Å². The highest BCUT2D eigenvalue weighted by Gasteiger charge is 2.33. The van der Waals surface area contributed by atoms with E-state index in [9.17, 15) is 27.2 Å². The Bertz CT molecular complexity index is 1880. The van der Waals surface area contributed by atoms with E-state index in [1.54, 1.807) is 50.5 Å². The second-order valence-electron chi connectivity index (χ2n) is 9.56. The summed E-state index contributed by atoms with van der Waals surface area (Å²) in [4.78, 5) is 31.7. The lowest BCUT2D eigenvalue weighted by molar-refractivity contribution is -0.139. The second kappa shape index (κ2) is 10.6. The maximum atomic E-state index is 13.8. The summed E-state index contributed by atoms with van der Waals surface area (Å²) in [6.45, 7) is 6.99. The van der Waals surface area contributed by atoms with Gasteiger partial charge in [0, 0.05) is 17.1 Å². The first-order valence-electron chi connectivity index (χ1n) is 12.7. The van der Waals surface area contributed by atoms with Crippen LogP contribution >= 0.6 is 11.3 Å². The van der Waals surface area contributed by atoms with Gasteiger partial charge in [-0.2, -0.15) is 13.2 Å². The lowest BCUT2D eigenvalue weighted by Gasteiger charge is -2.24. The van der Waals surface area contributed by atoms with E-state index in [1.807, 2.05) is 0 Å². The van der Waals surface area contributed by atoms with E-state index < -0.39 is 35.1 Å². The normalized spacial score (nSPS) is 15.6. The molecular formula is C30H25F4N3O3S. The average Bonchev–Trinajstić information content (AvgIpc) is 3.37. The first kappa shape index (κ1) is 28.3. The van der Waals surface area contributed by atoms with Gasteiger partial charge in [0.15, 0.2) is 4.80 Å². The zero-order valence-corrected chi connectivity index (χ0v) is 23.4. The monoisotopic (exact) mass is 583 g/mol. The summed E-state index contributed by atoms with van der Waals surface area (Å²) in [5, 5.41) is 0. The fraction of sp³-hybridized carbons (Fsp3) is 0.233. The molecule has 2 aromatic carbocycles. The van der Waals surface area contributed by atoms with Gasteiger partial charge >= 0.3 is 12.1 Å². The SMILES string of the molecule is CCOC(=O)C1=C(C)N=c2s/c(=C\c3cc(C)n(-c4cccc(C(F)(F)F)c4)c3C)c(=O)n2[C@@H]1c1ccc(F)cc1. The molecule has 4 aromatic rings. The van der Waals surface area contributed by atoms with E-state index in [0.29, 0.717) is 43.2 Å². The largest absolute Gasteiger partial charge is 0.463 e. The maximum Gasteiger partial charge on any atom is 0.416 e. The van der Waals surface area contributed by atoms with Crippen LogP contribution in [0.25, 0.3) is 11.8 Å². The molecule has 0 spiro atoms. The predicted octanol–water partition coefficient (Wildman–Crippen LogP) is 5.36. The number of halogens is 4. The Morgan fingerprint density at radius 2 is 1.80 bits per heavy atom. The Morgan fingerprint density at radius 3 is 2.46 bits per heavy atom. The van der Waals surface area contributed by atoms with Gasteiger partial charge in [0.1, 0.15) is 5.82 Å². The molecule has 1 aliphatic heterocycles. The number of nitrogens with zero attached hydrogens (tertiary/aromatic N) is 3. The van der Waals surface area contributed by atoms with Crippen LogP contribution in [0.2, 0.25) is 0 Å². The van der Waals surface area contributed by atoms with Crippen molar-refractivity contribution in [3.8, 4) is 5.69 Å². The van der Waals surface area contributed by atoms with Crippen molar-refractivity contribution in [2.45, 2.75) is 39.9 Å². The zero-order valence-electron chi connectivity index (χ0n) is 22.5. The summed E-state index contributed by atoms with van der Waals surface area (Å²) >= 11 is 1.12. The predicted molar refractivity (Wildman–Crippen MR) is 147 cm³/mol. The summed E-state index contributed by atoms with van der Waals surface area (Å²) in [7, 11) is 0. The number of allylic oxidation sites excluding steroid dienone is 1. The molecule has 1 aliphatic rings. The highest BCUT2D eigenvalue weighted by Crippen LogP contribution is 2.32. The first-order chi connectivity index (χ1) is 19.4. The van der Waals surface area contributed by atoms with Gasteiger partial charge in [0.25, 0.3) is 5.56 Å². The number of hydrogen-bond acceptors (Lipinski definition) is 5. The molecule has 0 N–H and O–H groups in total. The number of esters is 1. The van der Waals surface area contributed by atoms with Crippen LogP contribution in [0.5, 0.6) is 0 Å². The molecule has 0 bridgehead atoms. The van der Waals surface area contributed by atoms with Gasteiger partial charge in [-0.25, -0.2) is 14.2 Å². The Morgan fingerprint density at radius 1 is 1.10 bits per heavy atom. The number of benzene rings is 2. The van der Waals surface area contributed by atoms with Gasteiger partial charge < -0.3 is 9.30 Å². The summed E-state index contributed by atoms with van der Waals surface area (Å²) < 4.78 is 62.5. The highest BCUT2D eigenvalue weighted by molar-refractivity contribution is 7.07. The van der Waals surface area contributed by atoms with Crippen molar-refractivity contribution >= 4 is 23.4 Å². The van der Waals surface area contributed by atoms with Crippen molar-refractivity contribution in [2.24, 2.45) is 4.99 Å². The van der Waals surface area contributed by atoms with E-state index in [0.717, 1.165) is 23.5 Å². The summed E-state index contributed by atoms with van der Waals surface area (Å²) in [5.41, 5.74) is 2.23. The van der Waals surface area contributed by atoms with Crippen LogP contribution in [-0.4, -0.2) is 21.7 Å². The molecule has 0 fully saturated rings. The highest BCUT2D eigenvalue weighted by atomic mass is 32.1. The van der Waals surface area contributed by atoms with Gasteiger partial charge in [0.2, 0.25) is 0 Å². The molecular weight excluding hydrogens is 558 g/mol. The van der Waals surface area contributed by atoms with E-state index in [4.69, 9.17) is 4.74 Å². The van der Waals surface area contributed by atoms with Crippen LogP contribution in [0.4, 0.5) is 17.6 Å². The summed E-state index contributed by atoms with van der Waals surface area (Å²) in [6, 6.07) is 11.5. The third-order valence-electron chi connectivity index (χ3n) is 6.89.